The highest BCUT2D eigenvalue weighted by atomic mass is 35.5. The molecule has 2 nitrogen and oxygen atoms in total. The van der Waals surface area contributed by atoms with Gasteiger partial charge in [0.05, 0.1) is 4.34 Å². The van der Waals surface area contributed by atoms with Crippen molar-refractivity contribution in [1.82, 2.24) is 10.2 Å². The number of rotatable bonds is 5. The van der Waals surface area contributed by atoms with Gasteiger partial charge in [0.1, 0.15) is 0 Å². The Labute approximate surface area is 101 Å². The number of nitrogens with zero attached hydrogens (tertiary/aromatic N) is 1. The summed E-state index contributed by atoms with van der Waals surface area (Å²) in [6.07, 6.45) is 0. The molecular weight excluding hydrogens is 228 g/mol. The van der Waals surface area contributed by atoms with E-state index in [0.29, 0.717) is 0 Å². The summed E-state index contributed by atoms with van der Waals surface area (Å²) in [6, 6.07) is 4.05. The van der Waals surface area contributed by atoms with Crippen LogP contribution in [-0.4, -0.2) is 31.1 Å². The zero-order valence-electron chi connectivity index (χ0n) is 9.80. The number of halogens is 1. The molecule has 0 radical (unpaired) electrons. The normalized spacial score (nSPS) is 12.4. The van der Waals surface area contributed by atoms with Crippen LogP contribution in [0.25, 0.3) is 0 Å². The van der Waals surface area contributed by atoms with Crippen LogP contribution in [0.2, 0.25) is 4.34 Å². The lowest BCUT2D eigenvalue weighted by molar-refractivity contribution is 0.240. The SMILES string of the molecule is CNC(C)(C)CN(C)Cc1ccc(Cl)s1. The van der Waals surface area contributed by atoms with Gasteiger partial charge in [-0.1, -0.05) is 11.6 Å². The van der Waals surface area contributed by atoms with E-state index in [-0.39, 0.29) is 5.54 Å². The molecule has 0 atom stereocenters. The van der Waals surface area contributed by atoms with Crippen LogP contribution in [0.3, 0.4) is 0 Å². The lowest BCUT2D eigenvalue weighted by atomic mass is 10.1. The molecule has 0 aromatic carbocycles. The van der Waals surface area contributed by atoms with Crippen molar-refractivity contribution in [1.29, 1.82) is 0 Å². The van der Waals surface area contributed by atoms with Gasteiger partial charge in [-0.25, -0.2) is 0 Å². The molecule has 0 fully saturated rings. The maximum Gasteiger partial charge on any atom is 0.0931 e. The van der Waals surface area contributed by atoms with Crippen LogP contribution in [0.15, 0.2) is 12.1 Å². The van der Waals surface area contributed by atoms with Gasteiger partial charge >= 0.3 is 0 Å². The molecule has 1 aromatic rings. The van der Waals surface area contributed by atoms with Gasteiger partial charge in [-0.15, -0.1) is 11.3 Å². The molecule has 0 unspecified atom stereocenters. The van der Waals surface area contributed by atoms with Gasteiger partial charge in [0.2, 0.25) is 0 Å². The zero-order valence-corrected chi connectivity index (χ0v) is 11.4. The molecule has 15 heavy (non-hydrogen) atoms. The van der Waals surface area contributed by atoms with Crippen molar-refractivity contribution in [3.05, 3.63) is 21.3 Å². The molecule has 0 spiro atoms. The van der Waals surface area contributed by atoms with Crippen LogP contribution in [0.4, 0.5) is 0 Å². The predicted octanol–water partition coefficient (Wildman–Crippen LogP) is 2.83. The third kappa shape index (κ3) is 4.51. The van der Waals surface area contributed by atoms with Crippen molar-refractivity contribution in [3.63, 3.8) is 0 Å². The Morgan fingerprint density at radius 1 is 1.47 bits per heavy atom. The molecule has 0 saturated carbocycles. The smallest absolute Gasteiger partial charge is 0.0931 e. The predicted molar refractivity (Wildman–Crippen MR) is 68.8 cm³/mol. The van der Waals surface area contributed by atoms with Crippen LogP contribution >= 0.6 is 22.9 Å². The van der Waals surface area contributed by atoms with Gasteiger partial charge in [-0.2, -0.15) is 0 Å². The van der Waals surface area contributed by atoms with E-state index in [1.165, 1.54) is 4.88 Å². The van der Waals surface area contributed by atoms with E-state index in [2.05, 4.69) is 37.2 Å². The van der Waals surface area contributed by atoms with Crippen LogP contribution in [-0.2, 0) is 6.54 Å². The largest absolute Gasteiger partial charge is 0.314 e. The van der Waals surface area contributed by atoms with E-state index >= 15 is 0 Å². The summed E-state index contributed by atoms with van der Waals surface area (Å²) in [6.45, 7) is 6.37. The minimum atomic E-state index is 0.149. The third-order valence-electron chi connectivity index (χ3n) is 2.40. The second-order valence-corrected chi connectivity index (χ2v) is 6.31. The molecule has 0 saturated heterocycles. The average molecular weight is 247 g/mol. The maximum atomic E-state index is 5.89. The Balaban J connectivity index is 2.46. The Bertz CT molecular complexity index is 309. The Kier molecular flexibility index (Phi) is 4.59. The Morgan fingerprint density at radius 3 is 2.60 bits per heavy atom. The highest BCUT2D eigenvalue weighted by molar-refractivity contribution is 7.16. The van der Waals surface area contributed by atoms with Gasteiger partial charge in [0.15, 0.2) is 0 Å². The fourth-order valence-corrected chi connectivity index (χ4v) is 2.68. The van der Waals surface area contributed by atoms with Gasteiger partial charge in [0.25, 0.3) is 0 Å². The number of hydrogen-bond donors (Lipinski definition) is 1. The number of nitrogens with one attached hydrogen (secondary N) is 1. The van der Waals surface area contributed by atoms with Crippen LogP contribution < -0.4 is 5.32 Å². The van der Waals surface area contributed by atoms with E-state index in [1.54, 1.807) is 11.3 Å². The molecule has 1 rings (SSSR count). The first-order chi connectivity index (χ1) is 6.93. The van der Waals surface area contributed by atoms with Gasteiger partial charge in [0, 0.05) is 23.5 Å². The third-order valence-corrected chi connectivity index (χ3v) is 3.61. The Hall–Kier alpha value is -0.0900. The fourth-order valence-electron chi connectivity index (χ4n) is 1.51. The standard InChI is InChI=1S/C11H19ClN2S/c1-11(2,13-3)8-14(4)7-9-5-6-10(12)15-9/h5-6,13H,7-8H2,1-4H3. The molecule has 0 amide bonds. The molecular formula is C11H19ClN2S. The highest BCUT2D eigenvalue weighted by Gasteiger charge is 2.17. The summed E-state index contributed by atoms with van der Waals surface area (Å²) in [7, 11) is 4.13. The van der Waals surface area contributed by atoms with Crippen LogP contribution in [0.1, 0.15) is 18.7 Å². The minimum Gasteiger partial charge on any atom is -0.314 e. The monoisotopic (exact) mass is 246 g/mol. The Morgan fingerprint density at radius 2 is 2.13 bits per heavy atom. The molecule has 0 aliphatic carbocycles. The number of hydrogen-bond acceptors (Lipinski definition) is 3. The first kappa shape index (κ1) is 13.0. The summed E-state index contributed by atoms with van der Waals surface area (Å²) < 4.78 is 0.867. The summed E-state index contributed by atoms with van der Waals surface area (Å²) >= 11 is 7.54. The van der Waals surface area contributed by atoms with E-state index in [0.717, 1.165) is 17.4 Å². The fraction of sp³-hybridized carbons (Fsp3) is 0.636. The van der Waals surface area contributed by atoms with Crippen molar-refractivity contribution in [2.45, 2.75) is 25.9 Å². The molecule has 0 aliphatic rings. The minimum absolute atomic E-state index is 0.149. The second-order valence-electron chi connectivity index (χ2n) is 4.51. The highest BCUT2D eigenvalue weighted by Crippen LogP contribution is 2.22. The van der Waals surface area contributed by atoms with Crippen molar-refractivity contribution in [2.75, 3.05) is 20.6 Å². The number of thiophene rings is 1. The van der Waals surface area contributed by atoms with E-state index in [4.69, 9.17) is 11.6 Å². The molecule has 0 aliphatic heterocycles. The molecule has 1 heterocycles. The summed E-state index contributed by atoms with van der Waals surface area (Å²) in [5.74, 6) is 0. The number of likely N-dealkylation sites (N-methyl/N-ethyl adjacent to an activating group) is 2. The van der Waals surface area contributed by atoms with E-state index in [1.807, 2.05) is 13.1 Å². The average Bonchev–Trinajstić information content (AvgIpc) is 2.50. The first-order valence-corrected chi connectivity index (χ1v) is 6.24. The molecule has 86 valence electrons. The van der Waals surface area contributed by atoms with Gasteiger partial charge in [-0.3, -0.25) is 4.90 Å². The molecule has 1 aromatic heterocycles. The molecule has 0 bridgehead atoms. The van der Waals surface area contributed by atoms with E-state index < -0.39 is 0 Å². The topological polar surface area (TPSA) is 15.3 Å². The molecule has 4 heteroatoms. The summed E-state index contributed by atoms with van der Waals surface area (Å²) in [5.41, 5.74) is 0.149. The lowest BCUT2D eigenvalue weighted by Gasteiger charge is -2.29. The molecule has 1 N–H and O–H groups in total. The summed E-state index contributed by atoms with van der Waals surface area (Å²) in [4.78, 5) is 3.62. The first-order valence-electron chi connectivity index (χ1n) is 5.04. The van der Waals surface area contributed by atoms with Crippen molar-refractivity contribution < 1.29 is 0 Å². The van der Waals surface area contributed by atoms with Gasteiger partial charge < -0.3 is 5.32 Å². The zero-order chi connectivity index (χ0) is 11.5. The van der Waals surface area contributed by atoms with Crippen molar-refractivity contribution in [2.24, 2.45) is 0 Å². The maximum absolute atomic E-state index is 5.89. The quantitative estimate of drug-likeness (QED) is 0.860. The van der Waals surface area contributed by atoms with Crippen molar-refractivity contribution >= 4 is 22.9 Å². The van der Waals surface area contributed by atoms with E-state index in [9.17, 15) is 0 Å². The van der Waals surface area contributed by atoms with Crippen molar-refractivity contribution in [3.8, 4) is 0 Å². The second kappa shape index (κ2) is 5.30. The lowest BCUT2D eigenvalue weighted by Crippen LogP contribution is -2.45. The van der Waals surface area contributed by atoms with Gasteiger partial charge in [-0.05, 0) is 40.1 Å². The summed E-state index contributed by atoms with van der Waals surface area (Å²) in [5, 5.41) is 3.30. The van der Waals surface area contributed by atoms with Crippen LogP contribution in [0.5, 0.6) is 0 Å². The van der Waals surface area contributed by atoms with Crippen LogP contribution in [0, 0.1) is 0 Å².